The van der Waals surface area contributed by atoms with Crippen molar-refractivity contribution in [3.63, 3.8) is 0 Å². The molecule has 2 rings (SSSR count). The quantitative estimate of drug-likeness (QED) is 0.877. The van der Waals surface area contributed by atoms with E-state index in [4.69, 9.17) is 0 Å². The molecule has 0 bridgehead atoms. The number of hydrogen-bond donors (Lipinski definition) is 2. The number of amides is 1. The molecule has 128 valence electrons. The molecule has 1 atom stereocenters. The second kappa shape index (κ2) is 7.93. The SMILES string of the molecule is CC(C)(O)CCc1cccc(C(=O)N2CCCCC[C@H]2CO)c1. The topological polar surface area (TPSA) is 60.8 Å². The maximum Gasteiger partial charge on any atom is 0.254 e. The number of likely N-dealkylation sites (tertiary alicyclic amines) is 1. The van der Waals surface area contributed by atoms with Gasteiger partial charge in [-0.05, 0) is 57.2 Å². The molecule has 0 aliphatic carbocycles. The summed E-state index contributed by atoms with van der Waals surface area (Å²) in [4.78, 5) is 14.7. The first kappa shape index (κ1) is 18.0. The van der Waals surface area contributed by atoms with Crippen LogP contribution in [0.3, 0.4) is 0 Å². The van der Waals surface area contributed by atoms with Gasteiger partial charge in [0, 0.05) is 12.1 Å². The molecule has 1 fully saturated rings. The van der Waals surface area contributed by atoms with Gasteiger partial charge >= 0.3 is 0 Å². The first-order valence-electron chi connectivity index (χ1n) is 8.64. The normalized spacial score (nSPS) is 19.5. The smallest absolute Gasteiger partial charge is 0.254 e. The highest BCUT2D eigenvalue weighted by atomic mass is 16.3. The van der Waals surface area contributed by atoms with Crippen LogP contribution >= 0.6 is 0 Å². The van der Waals surface area contributed by atoms with Crippen molar-refractivity contribution in [2.45, 2.75) is 64.0 Å². The fourth-order valence-electron chi connectivity index (χ4n) is 3.11. The Labute approximate surface area is 139 Å². The molecule has 1 aliphatic rings. The van der Waals surface area contributed by atoms with Gasteiger partial charge in [0.1, 0.15) is 0 Å². The van der Waals surface area contributed by atoms with Gasteiger partial charge in [0.05, 0.1) is 18.2 Å². The molecule has 1 aliphatic heterocycles. The van der Waals surface area contributed by atoms with Crippen molar-refractivity contribution < 1.29 is 15.0 Å². The zero-order valence-electron chi connectivity index (χ0n) is 14.3. The van der Waals surface area contributed by atoms with Gasteiger partial charge in [-0.25, -0.2) is 0 Å². The van der Waals surface area contributed by atoms with Crippen molar-refractivity contribution in [1.82, 2.24) is 4.90 Å². The molecule has 1 saturated heterocycles. The van der Waals surface area contributed by atoms with E-state index in [1.807, 2.05) is 29.2 Å². The Morgan fingerprint density at radius 3 is 2.78 bits per heavy atom. The molecule has 0 saturated carbocycles. The summed E-state index contributed by atoms with van der Waals surface area (Å²) < 4.78 is 0. The fraction of sp³-hybridized carbons (Fsp3) is 0.632. The van der Waals surface area contributed by atoms with Crippen LogP contribution in [0.25, 0.3) is 0 Å². The minimum atomic E-state index is -0.702. The summed E-state index contributed by atoms with van der Waals surface area (Å²) in [7, 11) is 0. The molecule has 1 aromatic carbocycles. The Morgan fingerprint density at radius 1 is 1.30 bits per heavy atom. The molecular formula is C19H29NO3. The van der Waals surface area contributed by atoms with Crippen LogP contribution in [0.5, 0.6) is 0 Å². The van der Waals surface area contributed by atoms with E-state index in [1.54, 1.807) is 13.8 Å². The van der Waals surface area contributed by atoms with E-state index in [2.05, 4.69) is 0 Å². The molecule has 4 nitrogen and oxygen atoms in total. The van der Waals surface area contributed by atoms with Crippen LogP contribution in [0, 0.1) is 0 Å². The third-order valence-electron chi connectivity index (χ3n) is 4.55. The van der Waals surface area contributed by atoms with Crippen molar-refractivity contribution >= 4 is 5.91 Å². The monoisotopic (exact) mass is 319 g/mol. The molecule has 0 radical (unpaired) electrons. The Hall–Kier alpha value is -1.39. The minimum absolute atomic E-state index is 0.0102. The number of nitrogens with zero attached hydrogens (tertiary/aromatic N) is 1. The molecular weight excluding hydrogens is 290 g/mol. The number of carbonyl (C=O) groups is 1. The van der Waals surface area contributed by atoms with Crippen LogP contribution in [-0.2, 0) is 6.42 Å². The number of hydrogen-bond acceptors (Lipinski definition) is 3. The maximum absolute atomic E-state index is 12.8. The van der Waals surface area contributed by atoms with E-state index in [0.717, 1.165) is 44.2 Å². The second-order valence-electron chi connectivity index (χ2n) is 7.20. The van der Waals surface area contributed by atoms with Crippen molar-refractivity contribution in [3.8, 4) is 0 Å². The maximum atomic E-state index is 12.8. The zero-order valence-corrected chi connectivity index (χ0v) is 14.3. The lowest BCUT2D eigenvalue weighted by molar-refractivity contribution is 0.0599. The number of rotatable bonds is 5. The average Bonchev–Trinajstić information content (AvgIpc) is 2.77. The van der Waals surface area contributed by atoms with Crippen molar-refractivity contribution in [2.75, 3.05) is 13.2 Å². The van der Waals surface area contributed by atoms with Gasteiger partial charge in [-0.3, -0.25) is 4.79 Å². The molecule has 1 aromatic rings. The Balaban J connectivity index is 2.11. The van der Waals surface area contributed by atoms with Crippen LogP contribution in [0.2, 0.25) is 0 Å². The first-order chi connectivity index (χ1) is 10.9. The van der Waals surface area contributed by atoms with E-state index < -0.39 is 5.60 Å². The van der Waals surface area contributed by atoms with Crippen LogP contribution in [0.15, 0.2) is 24.3 Å². The van der Waals surface area contributed by atoms with Gasteiger partial charge in [0.15, 0.2) is 0 Å². The van der Waals surface area contributed by atoms with Crippen molar-refractivity contribution in [3.05, 3.63) is 35.4 Å². The molecule has 0 spiro atoms. The van der Waals surface area contributed by atoms with Crippen LogP contribution in [0.4, 0.5) is 0 Å². The van der Waals surface area contributed by atoms with Crippen LogP contribution < -0.4 is 0 Å². The molecule has 4 heteroatoms. The third kappa shape index (κ3) is 5.33. The number of carbonyl (C=O) groups excluding carboxylic acids is 1. The second-order valence-corrected chi connectivity index (χ2v) is 7.20. The van der Waals surface area contributed by atoms with E-state index in [1.165, 1.54) is 0 Å². The molecule has 1 amide bonds. The van der Waals surface area contributed by atoms with E-state index in [-0.39, 0.29) is 18.6 Å². The summed E-state index contributed by atoms with van der Waals surface area (Å²) in [6, 6.07) is 7.60. The molecule has 1 heterocycles. The lowest BCUT2D eigenvalue weighted by Crippen LogP contribution is -2.42. The predicted molar refractivity (Wildman–Crippen MR) is 91.4 cm³/mol. The number of aliphatic hydroxyl groups is 2. The number of aliphatic hydroxyl groups excluding tert-OH is 1. The van der Waals surface area contributed by atoms with Crippen molar-refractivity contribution in [2.24, 2.45) is 0 Å². The number of aryl methyl sites for hydroxylation is 1. The Morgan fingerprint density at radius 2 is 2.09 bits per heavy atom. The lowest BCUT2D eigenvalue weighted by atomic mass is 9.97. The molecule has 0 unspecified atom stereocenters. The van der Waals surface area contributed by atoms with Crippen LogP contribution in [0.1, 0.15) is 61.9 Å². The van der Waals surface area contributed by atoms with Gasteiger partial charge in [0.2, 0.25) is 0 Å². The van der Waals surface area contributed by atoms with Gasteiger partial charge in [0.25, 0.3) is 5.91 Å². The van der Waals surface area contributed by atoms with E-state index in [9.17, 15) is 15.0 Å². The molecule has 23 heavy (non-hydrogen) atoms. The fourth-order valence-corrected chi connectivity index (χ4v) is 3.11. The van der Waals surface area contributed by atoms with Gasteiger partial charge in [-0.1, -0.05) is 25.0 Å². The summed E-state index contributed by atoms with van der Waals surface area (Å²) in [5.41, 5.74) is 1.04. The Kier molecular flexibility index (Phi) is 6.19. The average molecular weight is 319 g/mol. The lowest BCUT2D eigenvalue weighted by Gasteiger charge is -2.29. The van der Waals surface area contributed by atoms with E-state index in [0.29, 0.717) is 12.0 Å². The third-order valence-corrected chi connectivity index (χ3v) is 4.55. The van der Waals surface area contributed by atoms with E-state index >= 15 is 0 Å². The summed E-state index contributed by atoms with van der Waals surface area (Å²) in [5, 5.41) is 19.4. The van der Waals surface area contributed by atoms with Crippen LogP contribution in [-0.4, -0.2) is 45.8 Å². The van der Waals surface area contributed by atoms with Crippen molar-refractivity contribution in [1.29, 1.82) is 0 Å². The first-order valence-corrected chi connectivity index (χ1v) is 8.64. The van der Waals surface area contributed by atoms with Gasteiger partial charge < -0.3 is 15.1 Å². The van der Waals surface area contributed by atoms with Gasteiger partial charge in [-0.2, -0.15) is 0 Å². The number of benzene rings is 1. The highest BCUT2D eigenvalue weighted by Gasteiger charge is 2.25. The predicted octanol–water partition coefficient (Wildman–Crippen LogP) is 2.77. The molecule has 0 aromatic heterocycles. The highest BCUT2D eigenvalue weighted by molar-refractivity contribution is 5.94. The largest absolute Gasteiger partial charge is 0.394 e. The summed E-state index contributed by atoms with van der Waals surface area (Å²) in [5.74, 6) is 0.0102. The summed E-state index contributed by atoms with van der Waals surface area (Å²) >= 11 is 0. The highest BCUT2D eigenvalue weighted by Crippen LogP contribution is 2.20. The zero-order chi connectivity index (χ0) is 16.9. The molecule has 2 N–H and O–H groups in total. The standard InChI is InChI=1S/C19H29NO3/c1-19(2,23)11-10-15-7-6-8-16(13-15)18(22)20-12-5-3-4-9-17(20)14-21/h6-8,13,17,21,23H,3-5,9-12,14H2,1-2H3/t17-/m0/s1. The summed E-state index contributed by atoms with van der Waals surface area (Å²) in [6.07, 6.45) is 5.47. The van der Waals surface area contributed by atoms with Gasteiger partial charge in [-0.15, -0.1) is 0 Å². The minimum Gasteiger partial charge on any atom is -0.394 e. The Bertz CT molecular complexity index is 522. The summed E-state index contributed by atoms with van der Waals surface area (Å²) in [6.45, 7) is 4.35.